The van der Waals surface area contributed by atoms with Gasteiger partial charge in [0.25, 0.3) is 0 Å². The normalized spacial score (nSPS) is 28.2. The van der Waals surface area contributed by atoms with Gasteiger partial charge < -0.3 is 9.80 Å². The van der Waals surface area contributed by atoms with Gasteiger partial charge in [-0.3, -0.25) is 14.6 Å². The van der Waals surface area contributed by atoms with E-state index in [-0.39, 0.29) is 18.0 Å². The number of hydrogen-bond acceptors (Lipinski definition) is 3. The minimum atomic E-state index is 0.187. The second-order valence-electron chi connectivity index (χ2n) is 9.11. The van der Waals surface area contributed by atoms with Crippen LogP contribution in [0.5, 0.6) is 0 Å². The van der Waals surface area contributed by atoms with Crippen molar-refractivity contribution in [2.24, 2.45) is 11.8 Å². The van der Waals surface area contributed by atoms with E-state index in [0.29, 0.717) is 30.6 Å². The molecule has 5 nitrogen and oxygen atoms in total. The largest absolute Gasteiger partial charge is 0.342 e. The quantitative estimate of drug-likeness (QED) is 0.788. The first-order valence-corrected chi connectivity index (χ1v) is 11.2. The number of hydrogen-bond donors (Lipinski definition) is 0. The zero-order chi connectivity index (χ0) is 20.5. The summed E-state index contributed by atoms with van der Waals surface area (Å²) in [4.78, 5) is 34.5. The molecule has 1 aromatic carbocycles. The van der Waals surface area contributed by atoms with Crippen LogP contribution < -0.4 is 0 Å². The number of carbonyl (C=O) groups excluding carboxylic acids is 2. The summed E-state index contributed by atoms with van der Waals surface area (Å²) in [6.07, 6.45) is 8.65. The predicted octanol–water partition coefficient (Wildman–Crippen LogP) is 3.09. The molecule has 0 N–H and O–H groups in total. The Morgan fingerprint density at radius 3 is 2.63 bits per heavy atom. The van der Waals surface area contributed by atoms with E-state index in [1.807, 2.05) is 18.2 Å². The van der Waals surface area contributed by atoms with Crippen LogP contribution in [-0.4, -0.2) is 51.8 Å². The molecule has 2 amide bonds. The lowest BCUT2D eigenvalue weighted by molar-refractivity contribution is -0.155. The topological polar surface area (TPSA) is 53.5 Å². The molecule has 2 bridgehead atoms. The SMILES string of the molecule is O=C(Cc1cccnc1)N1C[C@H]2C[C@@H](C1)[C@H](Cc1ccccc1)N1C(=O)CCC[C@@H]21. The van der Waals surface area contributed by atoms with Gasteiger partial charge in [0.1, 0.15) is 0 Å². The van der Waals surface area contributed by atoms with Gasteiger partial charge in [-0.2, -0.15) is 0 Å². The van der Waals surface area contributed by atoms with Crippen LogP contribution >= 0.6 is 0 Å². The Bertz CT molecular complexity index is 901. The fourth-order valence-corrected chi connectivity index (χ4v) is 5.89. The Morgan fingerprint density at radius 2 is 1.83 bits per heavy atom. The molecular weight excluding hydrogens is 374 g/mol. The van der Waals surface area contributed by atoms with Crippen molar-refractivity contribution in [1.82, 2.24) is 14.8 Å². The highest BCUT2D eigenvalue weighted by Gasteiger charge is 2.49. The van der Waals surface area contributed by atoms with E-state index in [9.17, 15) is 9.59 Å². The Morgan fingerprint density at radius 1 is 1.03 bits per heavy atom. The van der Waals surface area contributed by atoms with Crippen LogP contribution in [0.4, 0.5) is 0 Å². The lowest BCUT2D eigenvalue weighted by atomic mass is 9.70. The van der Waals surface area contributed by atoms with Gasteiger partial charge in [0, 0.05) is 44.0 Å². The predicted molar refractivity (Wildman–Crippen MR) is 115 cm³/mol. The molecule has 3 saturated heterocycles. The molecule has 3 fully saturated rings. The van der Waals surface area contributed by atoms with Gasteiger partial charge in [-0.25, -0.2) is 0 Å². The standard InChI is InChI=1S/C25H29N3O2/c29-24-10-4-9-22-20-14-21(23(28(22)24)12-18-6-2-1-3-7-18)17-27(16-20)25(30)13-19-8-5-11-26-15-19/h1-3,5-8,11,15,20-23H,4,9-10,12-14,16-17H2/t20-,21+,22+,23+/m1/s1. The van der Waals surface area contributed by atoms with Crippen molar-refractivity contribution < 1.29 is 9.59 Å². The number of amides is 2. The Labute approximate surface area is 178 Å². The summed E-state index contributed by atoms with van der Waals surface area (Å²) in [5.74, 6) is 1.25. The van der Waals surface area contributed by atoms with Crippen molar-refractivity contribution in [3.63, 3.8) is 0 Å². The minimum absolute atomic E-state index is 0.187. The molecule has 5 rings (SSSR count). The molecule has 2 aromatic rings. The first kappa shape index (κ1) is 19.3. The van der Waals surface area contributed by atoms with Gasteiger partial charge in [0.15, 0.2) is 0 Å². The smallest absolute Gasteiger partial charge is 0.227 e. The number of piperidine rings is 3. The van der Waals surface area contributed by atoms with Gasteiger partial charge in [-0.05, 0) is 54.7 Å². The van der Waals surface area contributed by atoms with Crippen molar-refractivity contribution in [1.29, 1.82) is 0 Å². The highest BCUT2D eigenvalue weighted by Crippen LogP contribution is 2.42. The van der Waals surface area contributed by atoms with Crippen LogP contribution in [0.3, 0.4) is 0 Å². The van der Waals surface area contributed by atoms with Crippen LogP contribution in [0.25, 0.3) is 0 Å². The van der Waals surface area contributed by atoms with E-state index >= 15 is 0 Å². The zero-order valence-electron chi connectivity index (χ0n) is 17.3. The highest BCUT2D eigenvalue weighted by atomic mass is 16.2. The van der Waals surface area contributed by atoms with E-state index in [2.05, 4.69) is 39.0 Å². The van der Waals surface area contributed by atoms with E-state index < -0.39 is 0 Å². The number of nitrogens with zero attached hydrogens (tertiary/aromatic N) is 3. The monoisotopic (exact) mass is 403 g/mol. The zero-order valence-corrected chi connectivity index (χ0v) is 17.3. The maximum absolute atomic E-state index is 13.1. The third kappa shape index (κ3) is 3.73. The van der Waals surface area contributed by atoms with Crippen molar-refractivity contribution in [2.75, 3.05) is 13.1 Å². The molecule has 0 saturated carbocycles. The Balaban J connectivity index is 1.39. The molecule has 1 aromatic heterocycles. The Kier molecular flexibility index (Phi) is 5.28. The van der Waals surface area contributed by atoms with E-state index in [4.69, 9.17) is 0 Å². The van der Waals surface area contributed by atoms with Crippen molar-refractivity contribution >= 4 is 11.8 Å². The maximum Gasteiger partial charge on any atom is 0.227 e. The lowest BCUT2D eigenvalue weighted by Gasteiger charge is -2.56. The third-order valence-corrected chi connectivity index (χ3v) is 7.22. The van der Waals surface area contributed by atoms with E-state index in [1.54, 1.807) is 12.4 Å². The molecule has 4 heterocycles. The number of aromatic nitrogens is 1. The van der Waals surface area contributed by atoms with Gasteiger partial charge in [0.05, 0.1) is 6.42 Å². The second kappa shape index (κ2) is 8.21. The summed E-state index contributed by atoms with van der Waals surface area (Å²) in [7, 11) is 0. The van der Waals surface area contributed by atoms with Crippen LogP contribution in [0.2, 0.25) is 0 Å². The Hall–Kier alpha value is -2.69. The molecular formula is C25H29N3O2. The number of carbonyl (C=O) groups is 2. The van der Waals surface area contributed by atoms with Gasteiger partial charge in [-0.15, -0.1) is 0 Å². The van der Waals surface area contributed by atoms with Crippen LogP contribution in [-0.2, 0) is 22.4 Å². The van der Waals surface area contributed by atoms with Crippen molar-refractivity contribution in [3.05, 3.63) is 66.0 Å². The summed E-state index contributed by atoms with van der Waals surface area (Å²) >= 11 is 0. The molecule has 156 valence electrons. The highest BCUT2D eigenvalue weighted by molar-refractivity contribution is 5.80. The first-order valence-electron chi connectivity index (χ1n) is 11.2. The number of pyridine rings is 1. The van der Waals surface area contributed by atoms with Crippen LogP contribution in [0, 0.1) is 11.8 Å². The maximum atomic E-state index is 13.1. The fraction of sp³-hybridized carbons (Fsp3) is 0.480. The average molecular weight is 404 g/mol. The molecule has 0 unspecified atom stereocenters. The molecule has 0 spiro atoms. The summed E-state index contributed by atoms with van der Waals surface area (Å²) in [6, 6.07) is 14.8. The summed E-state index contributed by atoms with van der Waals surface area (Å²) < 4.78 is 0. The molecule has 0 radical (unpaired) electrons. The van der Waals surface area contributed by atoms with Crippen molar-refractivity contribution in [2.45, 2.75) is 50.6 Å². The van der Waals surface area contributed by atoms with Gasteiger partial charge >= 0.3 is 0 Å². The number of benzene rings is 1. The molecule has 0 aliphatic carbocycles. The molecule has 5 heteroatoms. The molecule has 3 aliphatic heterocycles. The van der Waals surface area contributed by atoms with Gasteiger partial charge in [-0.1, -0.05) is 36.4 Å². The summed E-state index contributed by atoms with van der Waals surface area (Å²) in [6.45, 7) is 1.53. The third-order valence-electron chi connectivity index (χ3n) is 7.22. The van der Waals surface area contributed by atoms with Crippen LogP contribution in [0.1, 0.15) is 36.8 Å². The molecule has 30 heavy (non-hydrogen) atoms. The summed E-state index contributed by atoms with van der Waals surface area (Å²) in [5, 5.41) is 0. The van der Waals surface area contributed by atoms with E-state index in [0.717, 1.165) is 44.3 Å². The first-order chi connectivity index (χ1) is 14.7. The molecule has 3 aliphatic rings. The molecule has 4 atom stereocenters. The second-order valence-corrected chi connectivity index (χ2v) is 9.11. The number of fused-ring (bicyclic) bond motifs is 4. The number of likely N-dealkylation sites (tertiary alicyclic amines) is 1. The summed E-state index contributed by atoms with van der Waals surface area (Å²) in [5.41, 5.74) is 2.24. The lowest BCUT2D eigenvalue weighted by Crippen LogP contribution is -2.66. The number of rotatable bonds is 4. The van der Waals surface area contributed by atoms with E-state index in [1.165, 1.54) is 5.56 Å². The van der Waals surface area contributed by atoms with Crippen molar-refractivity contribution in [3.8, 4) is 0 Å². The van der Waals surface area contributed by atoms with Crippen LogP contribution in [0.15, 0.2) is 54.9 Å². The minimum Gasteiger partial charge on any atom is -0.342 e. The van der Waals surface area contributed by atoms with Gasteiger partial charge in [0.2, 0.25) is 11.8 Å². The average Bonchev–Trinajstić information content (AvgIpc) is 2.78. The fourth-order valence-electron chi connectivity index (χ4n) is 5.89.